The number of rotatable bonds is 3. The van der Waals surface area contributed by atoms with Crippen LogP contribution in [0.25, 0.3) is 11.4 Å². The quantitative estimate of drug-likeness (QED) is 0.784. The number of hydrogen-bond acceptors (Lipinski definition) is 3. The van der Waals surface area contributed by atoms with E-state index in [0.29, 0.717) is 28.2 Å². The third kappa shape index (κ3) is 3.11. The molecule has 19 heavy (non-hydrogen) atoms. The maximum Gasteiger partial charge on any atom is 0.161 e. The van der Waals surface area contributed by atoms with Gasteiger partial charge < -0.3 is 4.74 Å². The molecule has 2 rings (SSSR count). The van der Waals surface area contributed by atoms with E-state index in [2.05, 4.69) is 25.9 Å². The predicted octanol–water partition coefficient (Wildman–Crippen LogP) is 4.15. The van der Waals surface area contributed by atoms with Crippen LogP contribution in [0.5, 0.6) is 0 Å². The first-order valence-electron chi connectivity index (χ1n) is 5.50. The summed E-state index contributed by atoms with van der Waals surface area (Å²) in [5.41, 5.74) is 2.12. The smallest absolute Gasteiger partial charge is 0.161 e. The van der Waals surface area contributed by atoms with Gasteiger partial charge in [-0.1, -0.05) is 17.7 Å². The van der Waals surface area contributed by atoms with Gasteiger partial charge in [-0.15, -0.1) is 0 Å². The van der Waals surface area contributed by atoms with Gasteiger partial charge in [0.1, 0.15) is 11.0 Å². The molecule has 0 aliphatic heterocycles. The summed E-state index contributed by atoms with van der Waals surface area (Å²) in [7, 11) is 1.57. The van der Waals surface area contributed by atoms with Crippen molar-refractivity contribution in [1.82, 2.24) is 9.97 Å². The second kappa shape index (κ2) is 5.94. The summed E-state index contributed by atoms with van der Waals surface area (Å²) in [6.07, 6.45) is 0. The van der Waals surface area contributed by atoms with E-state index in [0.717, 1.165) is 5.56 Å². The lowest BCUT2D eigenvalue weighted by molar-refractivity contribution is 0.181. The lowest BCUT2D eigenvalue weighted by atomic mass is 10.1. The Balaban J connectivity index is 2.59. The molecule has 0 aliphatic carbocycles. The zero-order valence-corrected chi connectivity index (χ0v) is 12.7. The molecule has 0 radical (unpaired) electrons. The van der Waals surface area contributed by atoms with E-state index in [-0.39, 0.29) is 11.0 Å². The fourth-order valence-corrected chi connectivity index (χ4v) is 2.13. The van der Waals surface area contributed by atoms with Crippen molar-refractivity contribution < 1.29 is 9.13 Å². The molecule has 3 nitrogen and oxygen atoms in total. The van der Waals surface area contributed by atoms with Gasteiger partial charge in [0.2, 0.25) is 0 Å². The molecule has 0 saturated carbocycles. The molecule has 0 atom stereocenters. The second-order valence-electron chi connectivity index (χ2n) is 3.99. The largest absolute Gasteiger partial charge is 0.378 e. The zero-order valence-electron chi connectivity index (χ0n) is 10.4. The highest BCUT2D eigenvalue weighted by atomic mass is 79.9. The number of ether oxygens (including phenoxy) is 1. The average Bonchev–Trinajstić information content (AvgIpc) is 2.38. The molecule has 0 saturated heterocycles. The molecule has 6 heteroatoms. The van der Waals surface area contributed by atoms with Crippen LogP contribution < -0.4 is 0 Å². The Morgan fingerprint density at radius 2 is 2.11 bits per heavy atom. The van der Waals surface area contributed by atoms with E-state index in [1.54, 1.807) is 13.2 Å². The molecule has 1 aromatic heterocycles. The Hall–Kier alpha value is -1.04. The molecule has 0 aliphatic rings. The van der Waals surface area contributed by atoms with Crippen LogP contribution >= 0.6 is 27.5 Å². The SMILES string of the molecule is COCc1nc(-c2cc(F)ccc2C)nc(Cl)c1Br. The van der Waals surface area contributed by atoms with Gasteiger partial charge in [0.15, 0.2) is 5.82 Å². The number of benzene rings is 1. The van der Waals surface area contributed by atoms with Crippen molar-refractivity contribution in [2.24, 2.45) is 0 Å². The molecular weight excluding hydrogens is 335 g/mol. The Morgan fingerprint density at radius 3 is 2.79 bits per heavy atom. The van der Waals surface area contributed by atoms with Gasteiger partial charge in [-0.3, -0.25) is 0 Å². The molecule has 0 amide bonds. The first-order chi connectivity index (χ1) is 9.02. The van der Waals surface area contributed by atoms with Crippen molar-refractivity contribution in [3.8, 4) is 11.4 Å². The molecular formula is C13H11BrClFN2O. The summed E-state index contributed by atoms with van der Waals surface area (Å²) >= 11 is 9.36. The van der Waals surface area contributed by atoms with Crippen LogP contribution in [-0.4, -0.2) is 17.1 Å². The van der Waals surface area contributed by atoms with Crippen LogP contribution in [0.15, 0.2) is 22.7 Å². The van der Waals surface area contributed by atoms with Crippen LogP contribution in [0.2, 0.25) is 5.15 Å². The van der Waals surface area contributed by atoms with Crippen LogP contribution in [0.1, 0.15) is 11.3 Å². The molecule has 1 aromatic carbocycles. The lowest BCUT2D eigenvalue weighted by Crippen LogP contribution is -2.01. The van der Waals surface area contributed by atoms with Gasteiger partial charge in [-0.25, -0.2) is 14.4 Å². The molecule has 0 fully saturated rings. The molecule has 0 bridgehead atoms. The summed E-state index contributed by atoms with van der Waals surface area (Å²) in [5.74, 6) is 0.0498. The summed E-state index contributed by atoms with van der Waals surface area (Å²) in [4.78, 5) is 8.53. The van der Waals surface area contributed by atoms with Gasteiger partial charge in [-0.2, -0.15) is 0 Å². The molecule has 0 N–H and O–H groups in total. The Kier molecular flexibility index (Phi) is 4.50. The Bertz CT molecular complexity index is 622. The molecule has 0 unspecified atom stereocenters. The zero-order chi connectivity index (χ0) is 14.0. The first-order valence-corrected chi connectivity index (χ1v) is 6.67. The minimum Gasteiger partial charge on any atom is -0.378 e. The summed E-state index contributed by atoms with van der Waals surface area (Å²) in [6, 6.07) is 4.47. The highest BCUT2D eigenvalue weighted by Crippen LogP contribution is 2.29. The lowest BCUT2D eigenvalue weighted by Gasteiger charge is -2.09. The number of aromatic nitrogens is 2. The highest BCUT2D eigenvalue weighted by Gasteiger charge is 2.14. The molecule has 100 valence electrons. The topological polar surface area (TPSA) is 35.0 Å². The van der Waals surface area contributed by atoms with Gasteiger partial charge in [0.05, 0.1) is 16.8 Å². The van der Waals surface area contributed by atoms with E-state index < -0.39 is 0 Å². The van der Waals surface area contributed by atoms with Crippen molar-refractivity contribution in [2.75, 3.05) is 7.11 Å². The normalized spacial score (nSPS) is 10.8. The number of halogens is 3. The van der Waals surface area contributed by atoms with E-state index in [4.69, 9.17) is 16.3 Å². The van der Waals surface area contributed by atoms with Crippen LogP contribution in [0.3, 0.4) is 0 Å². The van der Waals surface area contributed by atoms with Crippen LogP contribution in [0.4, 0.5) is 4.39 Å². The van der Waals surface area contributed by atoms with Crippen molar-refractivity contribution in [1.29, 1.82) is 0 Å². The Morgan fingerprint density at radius 1 is 1.37 bits per heavy atom. The van der Waals surface area contributed by atoms with Crippen molar-refractivity contribution in [2.45, 2.75) is 13.5 Å². The minimum atomic E-state index is -0.337. The number of aryl methyl sites for hydroxylation is 1. The standard InChI is InChI=1S/C13H11BrClFN2O/c1-7-3-4-8(16)5-9(7)13-17-10(6-19-2)11(14)12(15)18-13/h3-5H,6H2,1-2H3. The molecule has 1 heterocycles. The minimum absolute atomic E-state index is 0.278. The first kappa shape index (κ1) is 14.4. The summed E-state index contributed by atoms with van der Waals surface area (Å²) in [5, 5.41) is 0.278. The Labute approximate surface area is 123 Å². The van der Waals surface area contributed by atoms with E-state index in [1.807, 2.05) is 6.92 Å². The monoisotopic (exact) mass is 344 g/mol. The van der Waals surface area contributed by atoms with Crippen LogP contribution in [-0.2, 0) is 11.3 Å². The van der Waals surface area contributed by atoms with E-state index in [1.165, 1.54) is 12.1 Å². The van der Waals surface area contributed by atoms with Crippen molar-refractivity contribution in [3.05, 3.63) is 44.9 Å². The summed E-state index contributed by atoms with van der Waals surface area (Å²) < 4.78 is 19.0. The number of nitrogens with zero attached hydrogens (tertiary/aromatic N) is 2. The highest BCUT2D eigenvalue weighted by molar-refractivity contribution is 9.10. The number of methoxy groups -OCH3 is 1. The summed E-state index contributed by atoms with van der Waals surface area (Å²) in [6.45, 7) is 2.16. The van der Waals surface area contributed by atoms with Gasteiger partial charge in [0, 0.05) is 12.7 Å². The number of hydrogen-bond donors (Lipinski definition) is 0. The molecule has 0 spiro atoms. The van der Waals surface area contributed by atoms with Gasteiger partial charge >= 0.3 is 0 Å². The van der Waals surface area contributed by atoms with Crippen molar-refractivity contribution >= 4 is 27.5 Å². The third-order valence-corrected chi connectivity index (χ3v) is 3.94. The van der Waals surface area contributed by atoms with Gasteiger partial charge in [-0.05, 0) is 40.5 Å². The maximum absolute atomic E-state index is 13.3. The molecule has 2 aromatic rings. The second-order valence-corrected chi connectivity index (χ2v) is 5.14. The maximum atomic E-state index is 13.3. The van der Waals surface area contributed by atoms with Crippen molar-refractivity contribution in [3.63, 3.8) is 0 Å². The predicted molar refractivity (Wildman–Crippen MR) is 75.6 cm³/mol. The van der Waals surface area contributed by atoms with E-state index >= 15 is 0 Å². The van der Waals surface area contributed by atoms with E-state index in [9.17, 15) is 4.39 Å². The fourth-order valence-electron chi connectivity index (χ4n) is 1.65. The van der Waals surface area contributed by atoms with Gasteiger partial charge in [0.25, 0.3) is 0 Å². The fraction of sp³-hybridized carbons (Fsp3) is 0.231. The van der Waals surface area contributed by atoms with Crippen LogP contribution in [0, 0.1) is 12.7 Å². The third-order valence-electron chi connectivity index (χ3n) is 2.60. The average molecular weight is 346 g/mol.